The molecule has 1 aliphatic carbocycles. The second-order valence-corrected chi connectivity index (χ2v) is 5.85. The van der Waals surface area contributed by atoms with Crippen molar-refractivity contribution < 1.29 is 14.7 Å². The van der Waals surface area contributed by atoms with Crippen molar-refractivity contribution in [3.8, 4) is 0 Å². The molecule has 2 rings (SSSR count). The van der Waals surface area contributed by atoms with Gasteiger partial charge in [0, 0.05) is 6.04 Å². The number of halogens is 2. The lowest BCUT2D eigenvalue weighted by molar-refractivity contribution is -0.137. The summed E-state index contributed by atoms with van der Waals surface area (Å²) in [7, 11) is 0. The number of hydrogen-bond donors (Lipinski definition) is 2. The summed E-state index contributed by atoms with van der Waals surface area (Å²) >= 11 is 11.7. The smallest absolute Gasteiger partial charge is 0.305 e. The highest BCUT2D eigenvalue weighted by atomic mass is 35.5. The van der Waals surface area contributed by atoms with Gasteiger partial charge in [-0.1, -0.05) is 29.3 Å². The Labute approximate surface area is 127 Å². The topological polar surface area (TPSA) is 66.4 Å². The van der Waals surface area contributed by atoms with Crippen LogP contribution in [-0.2, 0) is 16.0 Å². The molecule has 1 unspecified atom stereocenters. The van der Waals surface area contributed by atoms with E-state index in [0.29, 0.717) is 16.0 Å². The molecule has 0 saturated heterocycles. The van der Waals surface area contributed by atoms with Crippen LogP contribution < -0.4 is 5.32 Å². The predicted octanol–water partition coefficient (Wildman–Crippen LogP) is 2.91. The van der Waals surface area contributed by atoms with Crippen LogP contribution in [0.1, 0.15) is 24.8 Å². The molecule has 1 aromatic carbocycles. The van der Waals surface area contributed by atoms with E-state index in [1.807, 2.05) is 0 Å². The van der Waals surface area contributed by atoms with Gasteiger partial charge in [0.05, 0.1) is 22.9 Å². The van der Waals surface area contributed by atoms with E-state index in [-0.39, 0.29) is 24.8 Å². The molecule has 4 nitrogen and oxygen atoms in total. The van der Waals surface area contributed by atoms with Gasteiger partial charge in [0.1, 0.15) is 0 Å². The van der Waals surface area contributed by atoms with Crippen LogP contribution in [0.5, 0.6) is 0 Å². The maximum Gasteiger partial charge on any atom is 0.305 e. The number of rotatable bonds is 6. The van der Waals surface area contributed by atoms with Gasteiger partial charge in [-0.2, -0.15) is 0 Å². The highest BCUT2D eigenvalue weighted by molar-refractivity contribution is 6.42. The van der Waals surface area contributed by atoms with Gasteiger partial charge in [-0.15, -0.1) is 0 Å². The number of carboxylic acid groups (broad SMARTS) is 1. The minimum Gasteiger partial charge on any atom is -0.481 e. The van der Waals surface area contributed by atoms with Crippen LogP contribution in [0.25, 0.3) is 0 Å². The molecule has 0 spiro atoms. The maximum absolute atomic E-state index is 12.0. The third kappa shape index (κ3) is 4.39. The average Bonchev–Trinajstić information content (AvgIpc) is 3.16. The van der Waals surface area contributed by atoms with Gasteiger partial charge in [-0.3, -0.25) is 9.59 Å². The molecule has 2 N–H and O–H groups in total. The van der Waals surface area contributed by atoms with Gasteiger partial charge in [-0.25, -0.2) is 0 Å². The normalized spacial score (nSPS) is 15.7. The highest BCUT2D eigenvalue weighted by Gasteiger charge is 2.33. The Kier molecular flexibility index (Phi) is 4.89. The number of benzene rings is 1. The molecular formula is C14H15Cl2NO3. The number of hydrogen-bond acceptors (Lipinski definition) is 2. The van der Waals surface area contributed by atoms with E-state index in [9.17, 15) is 9.59 Å². The van der Waals surface area contributed by atoms with Crippen LogP contribution in [0.15, 0.2) is 18.2 Å². The molecule has 0 bridgehead atoms. The van der Waals surface area contributed by atoms with E-state index in [1.165, 1.54) is 0 Å². The first-order valence-electron chi connectivity index (χ1n) is 6.41. The van der Waals surface area contributed by atoms with Gasteiger partial charge in [-0.05, 0) is 36.5 Å². The Morgan fingerprint density at radius 1 is 1.30 bits per heavy atom. The number of carbonyl (C=O) groups excluding carboxylic acids is 1. The first-order valence-corrected chi connectivity index (χ1v) is 7.16. The molecule has 1 saturated carbocycles. The average molecular weight is 316 g/mol. The molecule has 6 heteroatoms. The number of aliphatic carboxylic acids is 1. The third-order valence-electron chi connectivity index (χ3n) is 3.28. The van der Waals surface area contributed by atoms with Gasteiger partial charge in [0.2, 0.25) is 5.91 Å². The fourth-order valence-electron chi connectivity index (χ4n) is 2.12. The van der Waals surface area contributed by atoms with Crippen LogP contribution >= 0.6 is 23.2 Å². The lowest BCUT2D eigenvalue weighted by Crippen LogP contribution is -2.38. The van der Waals surface area contributed by atoms with Crippen molar-refractivity contribution in [2.24, 2.45) is 5.92 Å². The zero-order valence-corrected chi connectivity index (χ0v) is 12.2. The minimum absolute atomic E-state index is 0.0300. The van der Waals surface area contributed by atoms with Crippen LogP contribution in [0.3, 0.4) is 0 Å². The summed E-state index contributed by atoms with van der Waals surface area (Å²) in [5.41, 5.74) is 0.752. The van der Waals surface area contributed by atoms with Gasteiger partial charge < -0.3 is 10.4 Å². The van der Waals surface area contributed by atoms with E-state index in [1.54, 1.807) is 18.2 Å². The second kappa shape index (κ2) is 6.46. The quantitative estimate of drug-likeness (QED) is 0.848. The molecule has 1 atom stereocenters. The van der Waals surface area contributed by atoms with Crippen molar-refractivity contribution in [2.75, 3.05) is 0 Å². The van der Waals surface area contributed by atoms with Crippen LogP contribution in [-0.4, -0.2) is 23.0 Å². The number of carboxylic acids is 1. The lowest BCUT2D eigenvalue weighted by atomic mass is 10.1. The SMILES string of the molecule is O=C(O)CC(NC(=O)Cc1ccc(Cl)c(Cl)c1)C1CC1. The van der Waals surface area contributed by atoms with E-state index >= 15 is 0 Å². The molecule has 0 aliphatic heterocycles. The molecule has 1 aliphatic rings. The Bertz CT molecular complexity index is 529. The molecule has 20 heavy (non-hydrogen) atoms. The lowest BCUT2D eigenvalue weighted by Gasteiger charge is -2.16. The first-order chi connectivity index (χ1) is 9.45. The number of amides is 1. The van der Waals surface area contributed by atoms with E-state index < -0.39 is 5.97 Å². The Morgan fingerprint density at radius 2 is 2.00 bits per heavy atom. The monoisotopic (exact) mass is 315 g/mol. The zero-order valence-electron chi connectivity index (χ0n) is 10.7. The molecule has 1 fully saturated rings. The summed E-state index contributed by atoms with van der Waals surface area (Å²) in [6.45, 7) is 0. The zero-order chi connectivity index (χ0) is 14.7. The number of nitrogens with one attached hydrogen (secondary N) is 1. The largest absolute Gasteiger partial charge is 0.481 e. The van der Waals surface area contributed by atoms with Crippen molar-refractivity contribution >= 4 is 35.1 Å². The van der Waals surface area contributed by atoms with Crippen molar-refractivity contribution in [3.63, 3.8) is 0 Å². The molecule has 1 amide bonds. The Balaban J connectivity index is 1.93. The highest BCUT2D eigenvalue weighted by Crippen LogP contribution is 2.34. The standard InChI is InChI=1S/C14H15Cl2NO3/c15-10-4-1-8(5-11(10)16)6-13(18)17-12(7-14(19)20)9-2-3-9/h1,4-5,9,12H,2-3,6-7H2,(H,17,18)(H,19,20). The predicted molar refractivity (Wildman–Crippen MR) is 77.1 cm³/mol. The summed E-state index contributed by atoms with van der Waals surface area (Å²) in [5.74, 6) is -0.790. The van der Waals surface area contributed by atoms with Crippen molar-refractivity contribution in [3.05, 3.63) is 33.8 Å². The summed E-state index contributed by atoms with van der Waals surface area (Å²) in [5, 5.41) is 12.5. The molecular weight excluding hydrogens is 301 g/mol. The number of carbonyl (C=O) groups is 2. The van der Waals surface area contributed by atoms with Crippen LogP contribution in [0.4, 0.5) is 0 Å². The van der Waals surface area contributed by atoms with Gasteiger partial charge in [0.25, 0.3) is 0 Å². The van der Waals surface area contributed by atoms with Gasteiger partial charge >= 0.3 is 5.97 Å². The third-order valence-corrected chi connectivity index (χ3v) is 4.02. The summed E-state index contributed by atoms with van der Waals surface area (Å²) < 4.78 is 0. The maximum atomic E-state index is 12.0. The van der Waals surface area contributed by atoms with Gasteiger partial charge in [0.15, 0.2) is 0 Å². The molecule has 108 valence electrons. The van der Waals surface area contributed by atoms with E-state index in [0.717, 1.165) is 18.4 Å². The van der Waals surface area contributed by atoms with Crippen molar-refractivity contribution in [1.29, 1.82) is 0 Å². The Morgan fingerprint density at radius 3 is 2.55 bits per heavy atom. The first kappa shape index (κ1) is 15.1. The van der Waals surface area contributed by atoms with E-state index in [4.69, 9.17) is 28.3 Å². The Hall–Kier alpha value is -1.26. The van der Waals surface area contributed by atoms with Crippen molar-refractivity contribution in [1.82, 2.24) is 5.32 Å². The van der Waals surface area contributed by atoms with Crippen LogP contribution in [0.2, 0.25) is 10.0 Å². The summed E-state index contributed by atoms with van der Waals surface area (Å²) in [6, 6.07) is 4.74. The molecule has 0 radical (unpaired) electrons. The molecule has 0 aromatic heterocycles. The van der Waals surface area contributed by atoms with Crippen molar-refractivity contribution in [2.45, 2.75) is 31.7 Å². The van der Waals surface area contributed by atoms with Crippen LogP contribution in [0, 0.1) is 5.92 Å². The molecule has 0 heterocycles. The van der Waals surface area contributed by atoms with E-state index in [2.05, 4.69) is 5.32 Å². The fraction of sp³-hybridized carbons (Fsp3) is 0.429. The minimum atomic E-state index is -0.892. The summed E-state index contributed by atoms with van der Waals surface area (Å²) in [4.78, 5) is 22.7. The summed E-state index contributed by atoms with van der Waals surface area (Å²) in [6.07, 6.45) is 2.09. The fourth-order valence-corrected chi connectivity index (χ4v) is 2.44. The molecule has 1 aromatic rings. The second-order valence-electron chi connectivity index (χ2n) is 5.03.